The molecule has 6 heteroatoms. The van der Waals surface area contributed by atoms with Gasteiger partial charge in [0.05, 0.1) is 0 Å². The second-order valence-corrected chi connectivity index (χ2v) is 9.19. The molecule has 0 fully saturated rings. The number of thioether (sulfide) groups is 1. The van der Waals surface area contributed by atoms with Gasteiger partial charge in [-0.25, -0.2) is 4.98 Å². The number of carbonyl (C=O) groups excluding carboxylic acids is 1. The molecule has 0 spiro atoms. The van der Waals surface area contributed by atoms with Crippen LogP contribution in [0, 0.1) is 6.92 Å². The van der Waals surface area contributed by atoms with E-state index >= 15 is 0 Å². The Morgan fingerprint density at radius 3 is 2.37 bits per heavy atom. The first kappa shape index (κ1) is 22.5. The van der Waals surface area contributed by atoms with Gasteiger partial charge in [-0.3, -0.25) is 9.69 Å². The summed E-state index contributed by atoms with van der Waals surface area (Å²) >= 11 is 3.32. The molecular weight excluding hydrogens is 410 g/mol. The molecule has 0 aliphatic carbocycles. The number of hydrogen-bond donors (Lipinski definition) is 1. The highest BCUT2D eigenvalue weighted by Gasteiger charge is 2.13. The van der Waals surface area contributed by atoms with E-state index in [9.17, 15) is 4.79 Å². The molecule has 0 atom stereocenters. The van der Waals surface area contributed by atoms with E-state index in [-0.39, 0.29) is 5.91 Å². The van der Waals surface area contributed by atoms with Gasteiger partial charge in [-0.15, -0.1) is 11.3 Å². The van der Waals surface area contributed by atoms with Crippen LogP contribution < -0.4 is 5.32 Å². The number of benzene rings is 2. The van der Waals surface area contributed by atoms with Crippen LogP contribution in [0.15, 0.2) is 58.3 Å². The van der Waals surface area contributed by atoms with E-state index in [0.29, 0.717) is 6.54 Å². The first-order valence-corrected chi connectivity index (χ1v) is 12.2. The molecule has 2 aromatic carbocycles. The molecule has 1 N–H and O–H groups in total. The average Bonchev–Trinajstić information content (AvgIpc) is 3.20. The molecule has 158 valence electrons. The lowest BCUT2D eigenvalue weighted by Gasteiger charge is -2.20. The summed E-state index contributed by atoms with van der Waals surface area (Å²) in [6, 6.07) is 16.2. The molecule has 4 nitrogen and oxygen atoms in total. The quantitative estimate of drug-likeness (QED) is 0.423. The average molecular weight is 440 g/mol. The van der Waals surface area contributed by atoms with Crippen molar-refractivity contribution in [1.82, 2.24) is 15.2 Å². The van der Waals surface area contributed by atoms with Crippen molar-refractivity contribution in [1.29, 1.82) is 0 Å². The molecule has 1 aromatic heterocycles. The molecule has 0 radical (unpaired) electrons. The van der Waals surface area contributed by atoms with E-state index in [2.05, 4.69) is 52.6 Å². The number of aromatic nitrogens is 1. The first-order chi connectivity index (χ1) is 14.6. The van der Waals surface area contributed by atoms with Crippen LogP contribution in [0.25, 0.3) is 0 Å². The Kier molecular flexibility index (Phi) is 8.49. The van der Waals surface area contributed by atoms with Crippen LogP contribution in [-0.2, 0) is 18.8 Å². The van der Waals surface area contributed by atoms with Crippen molar-refractivity contribution in [3.05, 3.63) is 81.9 Å². The zero-order valence-corrected chi connectivity index (χ0v) is 19.5. The fraction of sp³-hybridized carbons (Fsp3) is 0.333. The summed E-state index contributed by atoms with van der Waals surface area (Å²) in [5.41, 5.74) is 5.24. The highest BCUT2D eigenvalue weighted by atomic mass is 32.2. The standard InChI is InChI=1S/C24H29N3OS2/c1-4-27(5-2)15-20-11-7-6-10-19(20)14-25-23(28)22-13-9-8-12-21(22)17-30-24-26-18(3)16-29-24/h6-13,16H,4-5,14-15,17H2,1-3H3,(H,25,28). The topological polar surface area (TPSA) is 45.2 Å². The van der Waals surface area contributed by atoms with Crippen molar-refractivity contribution in [2.75, 3.05) is 13.1 Å². The van der Waals surface area contributed by atoms with Gasteiger partial charge in [0.1, 0.15) is 4.34 Å². The zero-order valence-electron chi connectivity index (χ0n) is 17.9. The number of carbonyl (C=O) groups is 1. The number of hydrogen-bond acceptors (Lipinski definition) is 5. The number of thiazole rings is 1. The van der Waals surface area contributed by atoms with Crippen LogP contribution in [-0.4, -0.2) is 28.9 Å². The van der Waals surface area contributed by atoms with Gasteiger partial charge in [0.25, 0.3) is 5.91 Å². The summed E-state index contributed by atoms with van der Waals surface area (Å²) in [6.07, 6.45) is 0. The summed E-state index contributed by atoms with van der Waals surface area (Å²) < 4.78 is 1.04. The third-order valence-corrected chi connectivity index (χ3v) is 7.24. The molecule has 0 aliphatic heterocycles. The molecule has 0 bridgehead atoms. The Hall–Kier alpha value is -2.15. The monoisotopic (exact) mass is 439 g/mol. The SMILES string of the molecule is CCN(CC)Cc1ccccc1CNC(=O)c1ccccc1CSc1nc(C)cs1. The van der Waals surface area contributed by atoms with Crippen LogP contribution >= 0.6 is 23.1 Å². The Morgan fingerprint density at radius 1 is 1.03 bits per heavy atom. The minimum Gasteiger partial charge on any atom is -0.348 e. The maximum absolute atomic E-state index is 13.0. The Labute approximate surface area is 187 Å². The summed E-state index contributed by atoms with van der Waals surface area (Å²) in [5, 5.41) is 5.18. The normalized spacial score (nSPS) is 11.1. The molecule has 0 saturated carbocycles. The van der Waals surface area contributed by atoms with E-state index in [4.69, 9.17) is 0 Å². The maximum atomic E-state index is 13.0. The third kappa shape index (κ3) is 6.17. The van der Waals surface area contributed by atoms with Crippen molar-refractivity contribution in [2.24, 2.45) is 0 Å². The molecule has 1 heterocycles. The molecule has 1 amide bonds. The lowest BCUT2D eigenvalue weighted by molar-refractivity contribution is 0.0950. The van der Waals surface area contributed by atoms with Crippen molar-refractivity contribution < 1.29 is 4.79 Å². The molecule has 0 unspecified atom stereocenters. The van der Waals surface area contributed by atoms with Crippen LogP contribution in [0.1, 0.15) is 46.6 Å². The predicted octanol–water partition coefficient (Wildman–Crippen LogP) is 5.52. The van der Waals surface area contributed by atoms with Crippen LogP contribution in [0.4, 0.5) is 0 Å². The largest absolute Gasteiger partial charge is 0.348 e. The van der Waals surface area contributed by atoms with E-state index in [1.807, 2.05) is 37.3 Å². The fourth-order valence-electron chi connectivity index (χ4n) is 3.25. The maximum Gasteiger partial charge on any atom is 0.251 e. The summed E-state index contributed by atoms with van der Waals surface area (Å²) in [4.78, 5) is 19.8. The van der Waals surface area contributed by atoms with Crippen LogP contribution in [0.5, 0.6) is 0 Å². The van der Waals surface area contributed by atoms with Gasteiger partial charge in [0.2, 0.25) is 0 Å². The third-order valence-electron chi connectivity index (χ3n) is 5.06. The first-order valence-electron chi connectivity index (χ1n) is 10.3. The Morgan fingerprint density at radius 2 is 1.70 bits per heavy atom. The van der Waals surface area contributed by atoms with Gasteiger partial charge < -0.3 is 5.32 Å². The highest BCUT2D eigenvalue weighted by molar-refractivity contribution is 8.00. The number of aryl methyl sites for hydroxylation is 1. The number of nitrogens with one attached hydrogen (secondary N) is 1. The Balaban J connectivity index is 1.66. The number of amides is 1. The lowest BCUT2D eigenvalue weighted by Crippen LogP contribution is -2.26. The van der Waals surface area contributed by atoms with E-state index in [1.54, 1.807) is 23.1 Å². The zero-order chi connectivity index (χ0) is 21.3. The second kappa shape index (κ2) is 11.3. The van der Waals surface area contributed by atoms with Crippen LogP contribution in [0.2, 0.25) is 0 Å². The van der Waals surface area contributed by atoms with Gasteiger partial charge in [0, 0.05) is 35.5 Å². The van der Waals surface area contributed by atoms with Gasteiger partial charge in [-0.2, -0.15) is 0 Å². The van der Waals surface area contributed by atoms with Gasteiger partial charge >= 0.3 is 0 Å². The van der Waals surface area contributed by atoms with Crippen molar-refractivity contribution >= 4 is 29.0 Å². The van der Waals surface area contributed by atoms with Crippen molar-refractivity contribution in [3.8, 4) is 0 Å². The highest BCUT2D eigenvalue weighted by Crippen LogP contribution is 2.27. The minimum absolute atomic E-state index is 0.0286. The second-order valence-electron chi connectivity index (χ2n) is 7.11. The van der Waals surface area contributed by atoms with Gasteiger partial charge in [0.15, 0.2) is 0 Å². The van der Waals surface area contributed by atoms with Crippen LogP contribution in [0.3, 0.4) is 0 Å². The lowest BCUT2D eigenvalue weighted by atomic mass is 10.1. The smallest absolute Gasteiger partial charge is 0.251 e. The molecule has 30 heavy (non-hydrogen) atoms. The molecule has 0 aliphatic rings. The minimum atomic E-state index is -0.0286. The van der Waals surface area contributed by atoms with Gasteiger partial charge in [-0.1, -0.05) is 68.1 Å². The van der Waals surface area contributed by atoms with E-state index in [1.165, 1.54) is 11.1 Å². The number of nitrogens with zero attached hydrogens (tertiary/aromatic N) is 2. The molecule has 0 saturated heterocycles. The summed E-state index contributed by atoms with van der Waals surface area (Å²) in [6.45, 7) is 9.82. The molecule has 3 aromatic rings. The van der Waals surface area contributed by atoms with Crippen molar-refractivity contribution in [3.63, 3.8) is 0 Å². The summed E-state index contributed by atoms with van der Waals surface area (Å²) in [7, 11) is 0. The van der Waals surface area contributed by atoms with Gasteiger partial charge in [-0.05, 0) is 42.8 Å². The van der Waals surface area contributed by atoms with Crippen molar-refractivity contribution in [2.45, 2.75) is 44.0 Å². The number of rotatable bonds is 10. The summed E-state index contributed by atoms with van der Waals surface area (Å²) in [5.74, 6) is 0.703. The predicted molar refractivity (Wildman–Crippen MR) is 127 cm³/mol. The Bertz CT molecular complexity index is 966. The molecule has 3 rings (SSSR count). The fourth-order valence-corrected chi connectivity index (χ4v) is 5.10. The van der Waals surface area contributed by atoms with E-state index in [0.717, 1.165) is 46.5 Å². The van der Waals surface area contributed by atoms with E-state index < -0.39 is 0 Å². The molecular formula is C24H29N3OS2.